The number of rotatable bonds is 14. The molecule has 0 spiro atoms. The van der Waals surface area contributed by atoms with E-state index in [9.17, 15) is 18.0 Å². The van der Waals surface area contributed by atoms with E-state index < -0.39 is 28.5 Å². The van der Waals surface area contributed by atoms with E-state index in [1.165, 1.54) is 56.6 Å². The van der Waals surface area contributed by atoms with Crippen molar-refractivity contribution in [1.29, 1.82) is 0 Å². The first-order chi connectivity index (χ1) is 22.5. The van der Waals surface area contributed by atoms with Crippen LogP contribution in [0.15, 0.2) is 65.6 Å². The average Bonchev–Trinajstić information content (AvgIpc) is 3.09. The van der Waals surface area contributed by atoms with Gasteiger partial charge in [-0.25, -0.2) is 8.42 Å². The molecule has 0 bridgehead atoms. The lowest BCUT2D eigenvalue weighted by Gasteiger charge is -2.33. The summed E-state index contributed by atoms with van der Waals surface area (Å²) in [6.45, 7) is 1.02. The van der Waals surface area contributed by atoms with Crippen LogP contribution in [0.25, 0.3) is 0 Å². The van der Waals surface area contributed by atoms with Gasteiger partial charge < -0.3 is 29.2 Å². The quantitative estimate of drug-likeness (QED) is 0.238. The zero-order valence-electron chi connectivity index (χ0n) is 27.3. The molecule has 1 unspecified atom stereocenters. The molecule has 13 heteroatoms. The molecule has 1 saturated carbocycles. The lowest BCUT2D eigenvalue weighted by molar-refractivity contribution is -0.139. The van der Waals surface area contributed by atoms with E-state index in [1.54, 1.807) is 44.4 Å². The summed E-state index contributed by atoms with van der Waals surface area (Å²) in [5.41, 5.74) is 0.776. The molecule has 1 fully saturated rings. The minimum absolute atomic E-state index is 0.0225. The topological polar surface area (TPSA) is 124 Å². The summed E-state index contributed by atoms with van der Waals surface area (Å²) >= 11 is 6.34. The SMILES string of the molecule is COc1ccc(CN(C(=O)CN(c2cc(Cl)ccc2OC)S(=O)(=O)c2ccc(OC)c(OC)c2)C(C)C(=O)NC2CCCCC2)cc1. The van der Waals surface area contributed by atoms with Gasteiger partial charge >= 0.3 is 0 Å². The van der Waals surface area contributed by atoms with Crippen LogP contribution in [0.2, 0.25) is 5.02 Å². The summed E-state index contributed by atoms with van der Waals surface area (Å²) in [6.07, 6.45) is 4.92. The van der Waals surface area contributed by atoms with Gasteiger partial charge in [0.15, 0.2) is 11.5 Å². The summed E-state index contributed by atoms with van der Waals surface area (Å²) in [6, 6.07) is 14.9. The van der Waals surface area contributed by atoms with Crippen LogP contribution in [-0.4, -0.2) is 72.2 Å². The van der Waals surface area contributed by atoms with Crippen LogP contribution < -0.4 is 28.6 Å². The predicted molar refractivity (Wildman–Crippen MR) is 180 cm³/mol. The van der Waals surface area contributed by atoms with Crippen LogP contribution >= 0.6 is 11.6 Å². The average molecular weight is 688 g/mol. The molecule has 4 rings (SSSR count). The molecule has 0 aliphatic heterocycles. The summed E-state index contributed by atoms with van der Waals surface area (Å²) in [4.78, 5) is 29.2. The molecule has 2 amide bonds. The van der Waals surface area contributed by atoms with Crippen molar-refractivity contribution < 1.29 is 37.0 Å². The Morgan fingerprint density at radius 1 is 0.851 bits per heavy atom. The summed E-state index contributed by atoms with van der Waals surface area (Å²) in [5.74, 6) is 0.405. The van der Waals surface area contributed by atoms with Crippen molar-refractivity contribution in [2.45, 2.75) is 62.6 Å². The highest BCUT2D eigenvalue weighted by Crippen LogP contribution is 2.37. The first kappa shape index (κ1) is 35.7. The third kappa shape index (κ3) is 8.61. The van der Waals surface area contributed by atoms with E-state index in [4.69, 9.17) is 30.5 Å². The fourth-order valence-corrected chi connectivity index (χ4v) is 7.15. The van der Waals surface area contributed by atoms with Crippen LogP contribution in [0.1, 0.15) is 44.6 Å². The lowest BCUT2D eigenvalue weighted by Crippen LogP contribution is -2.53. The standard InChI is InChI=1S/C34H42ClN3O8S/c1-23(34(40)36-26-9-7-6-8-10-26)37(21-24-11-14-27(43-2)15-12-24)33(39)22-38(29-19-25(35)13-17-30(29)44-3)47(41,42)28-16-18-31(45-4)32(20-28)46-5/h11-20,23,26H,6-10,21-22H2,1-5H3,(H,36,40). The second-order valence-corrected chi connectivity index (χ2v) is 13.5. The molecular formula is C34H42ClN3O8S. The molecule has 0 radical (unpaired) electrons. The molecule has 254 valence electrons. The number of nitrogens with zero attached hydrogens (tertiary/aromatic N) is 2. The minimum Gasteiger partial charge on any atom is -0.497 e. The molecule has 3 aromatic rings. The normalized spacial score (nSPS) is 14.1. The van der Waals surface area contributed by atoms with E-state index >= 15 is 0 Å². The minimum atomic E-state index is -4.45. The summed E-state index contributed by atoms with van der Waals surface area (Å²) < 4.78 is 51.2. The van der Waals surface area contributed by atoms with Crippen LogP contribution in [0.4, 0.5) is 5.69 Å². The highest BCUT2D eigenvalue weighted by Gasteiger charge is 2.35. The van der Waals surface area contributed by atoms with Crippen molar-refractivity contribution in [2.24, 2.45) is 0 Å². The van der Waals surface area contributed by atoms with E-state index in [-0.39, 0.29) is 45.6 Å². The summed E-state index contributed by atoms with van der Waals surface area (Å²) in [7, 11) is 1.34. The van der Waals surface area contributed by atoms with Gasteiger partial charge in [0, 0.05) is 23.7 Å². The number of benzene rings is 3. The van der Waals surface area contributed by atoms with Crippen LogP contribution in [0.3, 0.4) is 0 Å². The zero-order valence-corrected chi connectivity index (χ0v) is 28.9. The molecule has 0 saturated heterocycles. The molecule has 0 heterocycles. The monoisotopic (exact) mass is 687 g/mol. The molecule has 1 aliphatic rings. The lowest BCUT2D eigenvalue weighted by atomic mass is 9.95. The second-order valence-electron chi connectivity index (χ2n) is 11.2. The highest BCUT2D eigenvalue weighted by atomic mass is 35.5. The summed E-state index contributed by atoms with van der Waals surface area (Å²) in [5, 5.41) is 3.33. The molecule has 11 nitrogen and oxygen atoms in total. The number of halogens is 1. The number of carbonyl (C=O) groups excluding carboxylic acids is 2. The van der Waals surface area contributed by atoms with Crippen molar-refractivity contribution in [1.82, 2.24) is 10.2 Å². The fourth-order valence-electron chi connectivity index (χ4n) is 5.55. The van der Waals surface area contributed by atoms with Gasteiger partial charge in [-0.1, -0.05) is 43.0 Å². The Morgan fingerprint density at radius 2 is 1.49 bits per heavy atom. The second kappa shape index (κ2) is 16.1. The number of ether oxygens (including phenoxy) is 4. The van der Waals surface area contributed by atoms with Gasteiger partial charge in [0.2, 0.25) is 11.8 Å². The van der Waals surface area contributed by atoms with Gasteiger partial charge in [-0.15, -0.1) is 0 Å². The van der Waals surface area contributed by atoms with Gasteiger partial charge in [0.05, 0.1) is 39.0 Å². The molecule has 0 aromatic heterocycles. The van der Waals surface area contributed by atoms with Gasteiger partial charge in [-0.05, 0) is 67.8 Å². The van der Waals surface area contributed by atoms with Crippen LogP contribution in [0.5, 0.6) is 23.0 Å². The van der Waals surface area contributed by atoms with Crippen molar-refractivity contribution in [3.63, 3.8) is 0 Å². The molecule has 1 atom stereocenters. The molecule has 3 aromatic carbocycles. The number of hydrogen-bond acceptors (Lipinski definition) is 8. The Labute approximate surface area is 281 Å². The number of nitrogens with one attached hydrogen (secondary N) is 1. The fraction of sp³-hybridized carbons (Fsp3) is 0.412. The van der Waals surface area contributed by atoms with Crippen LogP contribution in [0, 0.1) is 0 Å². The third-order valence-corrected chi connectivity index (χ3v) is 10.3. The molecule has 1 N–H and O–H groups in total. The van der Waals surface area contributed by atoms with Crippen molar-refractivity contribution in [2.75, 3.05) is 39.3 Å². The molecule has 1 aliphatic carbocycles. The predicted octanol–water partition coefficient (Wildman–Crippen LogP) is 5.44. The number of methoxy groups -OCH3 is 4. The van der Waals surface area contributed by atoms with E-state index in [0.29, 0.717) is 11.5 Å². The smallest absolute Gasteiger partial charge is 0.265 e. The van der Waals surface area contributed by atoms with E-state index in [1.807, 2.05) is 0 Å². The number of hydrogen-bond donors (Lipinski definition) is 1. The number of anilines is 1. The van der Waals surface area contributed by atoms with Crippen molar-refractivity contribution in [3.05, 3.63) is 71.2 Å². The first-order valence-corrected chi connectivity index (χ1v) is 17.1. The van der Waals surface area contributed by atoms with Crippen LogP contribution in [-0.2, 0) is 26.2 Å². The zero-order chi connectivity index (χ0) is 34.1. The number of carbonyl (C=O) groups is 2. The van der Waals surface area contributed by atoms with Gasteiger partial charge in [-0.3, -0.25) is 13.9 Å². The van der Waals surface area contributed by atoms with Crippen molar-refractivity contribution >= 4 is 39.1 Å². The first-order valence-electron chi connectivity index (χ1n) is 15.3. The number of sulfonamides is 1. The largest absolute Gasteiger partial charge is 0.497 e. The van der Waals surface area contributed by atoms with E-state index in [0.717, 1.165) is 42.0 Å². The van der Waals surface area contributed by atoms with Gasteiger partial charge in [0.1, 0.15) is 24.1 Å². The Morgan fingerprint density at radius 3 is 2.11 bits per heavy atom. The maximum absolute atomic E-state index is 14.4. The highest BCUT2D eigenvalue weighted by molar-refractivity contribution is 7.92. The Balaban J connectivity index is 1.76. The Hall–Kier alpha value is -4.16. The third-order valence-electron chi connectivity index (χ3n) is 8.26. The maximum Gasteiger partial charge on any atom is 0.265 e. The van der Waals surface area contributed by atoms with Gasteiger partial charge in [0.25, 0.3) is 10.0 Å². The van der Waals surface area contributed by atoms with E-state index in [2.05, 4.69) is 5.32 Å². The maximum atomic E-state index is 14.4. The molecular weight excluding hydrogens is 646 g/mol. The Bertz CT molecular complexity index is 1650. The van der Waals surface area contributed by atoms with Crippen molar-refractivity contribution in [3.8, 4) is 23.0 Å². The number of amides is 2. The molecule has 47 heavy (non-hydrogen) atoms. The van der Waals surface area contributed by atoms with Gasteiger partial charge in [-0.2, -0.15) is 0 Å². The Kier molecular flexibility index (Phi) is 12.2.